The van der Waals surface area contributed by atoms with Gasteiger partial charge in [-0.3, -0.25) is 28.8 Å². The van der Waals surface area contributed by atoms with Gasteiger partial charge in [-0.15, -0.1) is 0 Å². The smallest absolute Gasteiger partial charge is 0.303 e. The number of ether oxygens (including phenoxy) is 2. The number of aliphatic carboxylic acids is 1. The molecule has 258 valence electrons. The molecule has 0 saturated heterocycles. The lowest BCUT2D eigenvalue weighted by Crippen LogP contribution is -2.46. The normalized spacial score (nSPS) is 13.0. The molecule has 0 spiro atoms. The van der Waals surface area contributed by atoms with Crippen LogP contribution in [-0.4, -0.2) is 97.9 Å². The van der Waals surface area contributed by atoms with E-state index < -0.39 is 24.0 Å². The van der Waals surface area contributed by atoms with Crippen molar-refractivity contribution in [2.24, 2.45) is 11.8 Å². The molecule has 0 fully saturated rings. The predicted molar refractivity (Wildman–Crippen MR) is 176 cm³/mol. The first-order valence-electron chi connectivity index (χ1n) is 15.8. The number of carbonyl (C=O) groups excluding carboxylic acids is 5. The van der Waals surface area contributed by atoms with Gasteiger partial charge in [0, 0.05) is 38.3 Å². The van der Waals surface area contributed by atoms with Gasteiger partial charge in [-0.05, 0) is 49.2 Å². The Morgan fingerprint density at radius 3 is 2.24 bits per heavy atom. The van der Waals surface area contributed by atoms with E-state index in [0.717, 1.165) is 5.56 Å². The van der Waals surface area contributed by atoms with E-state index in [9.17, 15) is 28.8 Å². The van der Waals surface area contributed by atoms with Crippen LogP contribution >= 0.6 is 11.8 Å². The molecule has 0 saturated carbocycles. The quantitative estimate of drug-likeness (QED) is 0.0769. The Bertz CT molecular complexity index is 1070. The van der Waals surface area contributed by atoms with E-state index in [4.69, 9.17) is 14.6 Å². The van der Waals surface area contributed by atoms with Gasteiger partial charge in [0.05, 0.1) is 38.3 Å². The van der Waals surface area contributed by atoms with Crippen molar-refractivity contribution >= 4 is 47.5 Å². The van der Waals surface area contributed by atoms with Gasteiger partial charge < -0.3 is 30.5 Å². The number of hydrogen-bond acceptors (Lipinski definition) is 9. The van der Waals surface area contributed by atoms with Gasteiger partial charge in [0.1, 0.15) is 0 Å². The van der Waals surface area contributed by atoms with E-state index in [1.807, 2.05) is 50.4 Å². The Morgan fingerprint density at radius 1 is 0.913 bits per heavy atom. The standard InChI is InChI=1S/C33H51N3O9S/c1-24(2)20-26(22-30(39)27(35-23-37)13-19-46-3)33(43)36-28(21-25-8-5-4-6-9-25)29(38)10-7-15-44-17-18-45-16-14-34-31(40)11-12-32(41)42/h4-6,8-9,23-24,26-28H,7,10-22H2,1-3H3,(H,34,40)(H,35,37)(H,36,43)(H,41,42)/t26-,27+,28+/m1/s1. The van der Waals surface area contributed by atoms with Gasteiger partial charge in [0.25, 0.3) is 0 Å². The van der Waals surface area contributed by atoms with Gasteiger partial charge in [-0.1, -0.05) is 44.2 Å². The average Bonchev–Trinajstić information content (AvgIpc) is 3.02. The second-order valence-corrected chi connectivity index (χ2v) is 12.4. The monoisotopic (exact) mass is 665 g/mol. The average molecular weight is 666 g/mol. The number of rotatable bonds is 28. The van der Waals surface area contributed by atoms with Crippen LogP contribution in [0.15, 0.2) is 30.3 Å². The van der Waals surface area contributed by atoms with E-state index in [-0.39, 0.29) is 68.1 Å². The van der Waals surface area contributed by atoms with E-state index in [2.05, 4.69) is 16.0 Å². The number of carbonyl (C=O) groups is 6. The molecule has 1 rings (SSSR count). The maximum Gasteiger partial charge on any atom is 0.303 e. The summed E-state index contributed by atoms with van der Waals surface area (Å²) in [6.07, 6.45) is 4.01. The first-order chi connectivity index (χ1) is 22.1. The second-order valence-electron chi connectivity index (χ2n) is 11.4. The number of hydrogen-bond donors (Lipinski definition) is 4. The molecule has 1 aromatic carbocycles. The molecule has 13 heteroatoms. The molecule has 0 bridgehead atoms. The van der Waals surface area contributed by atoms with E-state index in [0.29, 0.717) is 57.7 Å². The molecule has 1 aromatic rings. The molecule has 0 radical (unpaired) electrons. The van der Waals surface area contributed by atoms with Crippen molar-refractivity contribution in [3.63, 3.8) is 0 Å². The summed E-state index contributed by atoms with van der Waals surface area (Å²) in [5.74, 6) is -1.86. The lowest BCUT2D eigenvalue weighted by molar-refractivity contribution is -0.138. The van der Waals surface area contributed by atoms with Crippen LogP contribution in [0.5, 0.6) is 0 Å². The van der Waals surface area contributed by atoms with Crippen LogP contribution < -0.4 is 16.0 Å². The first-order valence-corrected chi connectivity index (χ1v) is 17.2. The highest BCUT2D eigenvalue weighted by atomic mass is 32.2. The molecule has 3 atom stereocenters. The van der Waals surface area contributed by atoms with Crippen molar-refractivity contribution in [2.45, 2.75) is 77.3 Å². The van der Waals surface area contributed by atoms with E-state index in [1.165, 1.54) is 0 Å². The summed E-state index contributed by atoms with van der Waals surface area (Å²) in [7, 11) is 0. The van der Waals surface area contributed by atoms with Crippen LogP contribution in [0.1, 0.15) is 64.4 Å². The third-order valence-electron chi connectivity index (χ3n) is 7.05. The lowest BCUT2D eigenvalue weighted by Gasteiger charge is -2.24. The summed E-state index contributed by atoms with van der Waals surface area (Å²) < 4.78 is 11.0. The van der Waals surface area contributed by atoms with Crippen LogP contribution in [0.3, 0.4) is 0 Å². The Kier molecular flexibility index (Phi) is 22.0. The minimum absolute atomic E-state index is 0.0247. The molecule has 0 aliphatic rings. The van der Waals surface area contributed by atoms with Crippen LogP contribution in [-0.2, 0) is 44.7 Å². The Balaban J connectivity index is 2.65. The van der Waals surface area contributed by atoms with Crippen LogP contribution in [0.4, 0.5) is 0 Å². The minimum atomic E-state index is -1.03. The molecule has 46 heavy (non-hydrogen) atoms. The van der Waals surface area contributed by atoms with Crippen molar-refractivity contribution in [1.82, 2.24) is 16.0 Å². The predicted octanol–water partition coefficient (Wildman–Crippen LogP) is 2.57. The first kappa shape index (κ1) is 40.7. The highest BCUT2D eigenvalue weighted by Gasteiger charge is 2.30. The lowest BCUT2D eigenvalue weighted by atomic mass is 9.88. The number of carboxylic acids is 1. The zero-order valence-electron chi connectivity index (χ0n) is 27.3. The van der Waals surface area contributed by atoms with Gasteiger partial charge in [0.2, 0.25) is 18.2 Å². The summed E-state index contributed by atoms with van der Waals surface area (Å²) in [5, 5.41) is 16.7. The topological polar surface area (TPSA) is 177 Å². The van der Waals surface area contributed by atoms with Crippen molar-refractivity contribution in [1.29, 1.82) is 0 Å². The van der Waals surface area contributed by atoms with Gasteiger partial charge in [0.15, 0.2) is 11.6 Å². The number of ketones is 2. The molecule has 0 aliphatic heterocycles. The van der Waals surface area contributed by atoms with Crippen molar-refractivity contribution < 1.29 is 43.3 Å². The molecule has 0 aliphatic carbocycles. The molecular weight excluding hydrogens is 614 g/mol. The Hall–Kier alpha value is -3.29. The Morgan fingerprint density at radius 2 is 1.61 bits per heavy atom. The molecule has 12 nitrogen and oxygen atoms in total. The number of carboxylic acid groups (broad SMARTS) is 1. The molecule has 0 heterocycles. The number of benzene rings is 1. The largest absolute Gasteiger partial charge is 0.481 e. The van der Waals surface area contributed by atoms with Gasteiger partial charge >= 0.3 is 5.97 Å². The van der Waals surface area contributed by atoms with Crippen molar-refractivity contribution in [3.05, 3.63) is 35.9 Å². The molecular formula is C33H51N3O9S. The zero-order valence-corrected chi connectivity index (χ0v) is 28.1. The number of amides is 3. The zero-order chi connectivity index (χ0) is 34.2. The summed E-state index contributed by atoms with van der Waals surface area (Å²) in [5.41, 5.74) is 0.899. The maximum atomic E-state index is 13.5. The SMILES string of the molecule is CSCC[C@H](NC=O)C(=O)C[C@@H](CC(C)C)C(=O)N[C@@H](Cc1ccccc1)C(=O)CCCOCCOCCNC(=O)CCC(=O)O. The van der Waals surface area contributed by atoms with Crippen LogP contribution in [0.2, 0.25) is 0 Å². The fourth-order valence-corrected chi connectivity index (χ4v) is 5.16. The highest BCUT2D eigenvalue weighted by Crippen LogP contribution is 2.19. The van der Waals surface area contributed by atoms with Crippen molar-refractivity contribution in [3.8, 4) is 0 Å². The third kappa shape index (κ3) is 19.3. The van der Waals surface area contributed by atoms with E-state index >= 15 is 0 Å². The summed E-state index contributed by atoms with van der Waals surface area (Å²) >= 11 is 1.57. The third-order valence-corrected chi connectivity index (χ3v) is 7.69. The minimum Gasteiger partial charge on any atom is -0.481 e. The molecule has 0 unspecified atom stereocenters. The van der Waals surface area contributed by atoms with Crippen LogP contribution in [0, 0.1) is 11.8 Å². The summed E-state index contributed by atoms with van der Waals surface area (Å²) in [6.45, 7) is 5.38. The molecule has 3 amide bonds. The van der Waals surface area contributed by atoms with Gasteiger partial charge in [-0.25, -0.2) is 0 Å². The molecule has 0 aromatic heterocycles. The fourth-order valence-electron chi connectivity index (χ4n) is 4.69. The van der Waals surface area contributed by atoms with Gasteiger partial charge in [-0.2, -0.15) is 11.8 Å². The number of thioether (sulfide) groups is 1. The highest BCUT2D eigenvalue weighted by molar-refractivity contribution is 7.98. The summed E-state index contributed by atoms with van der Waals surface area (Å²) in [6, 6.07) is 7.99. The maximum absolute atomic E-state index is 13.5. The molecule has 4 N–H and O–H groups in total. The summed E-state index contributed by atoms with van der Waals surface area (Å²) in [4.78, 5) is 73.0. The van der Waals surface area contributed by atoms with Crippen LogP contribution in [0.25, 0.3) is 0 Å². The number of Topliss-reactive ketones (excluding diaryl/α,β-unsaturated/α-hetero) is 2. The number of nitrogens with one attached hydrogen (secondary N) is 3. The van der Waals surface area contributed by atoms with E-state index in [1.54, 1.807) is 11.8 Å². The Labute approximate surface area is 276 Å². The second kappa shape index (κ2) is 24.9. The fraction of sp³-hybridized carbons (Fsp3) is 0.636. The van der Waals surface area contributed by atoms with Crippen molar-refractivity contribution in [2.75, 3.05) is 45.0 Å².